The fraction of sp³-hybridized carbons (Fsp3) is 0.923. The van der Waals surface area contributed by atoms with E-state index >= 15 is 0 Å². The molecule has 1 aliphatic rings. The average Bonchev–Trinajstić information content (AvgIpc) is 2.98. The van der Waals surface area contributed by atoms with E-state index in [1.54, 1.807) is 6.92 Å². The van der Waals surface area contributed by atoms with Crippen LogP contribution in [-0.4, -0.2) is 35.5 Å². The molecule has 0 bridgehead atoms. The van der Waals surface area contributed by atoms with Crippen molar-refractivity contribution in [2.45, 2.75) is 58.0 Å². The molecule has 1 saturated carbocycles. The average molecular weight is 241 g/mol. The van der Waals surface area contributed by atoms with Gasteiger partial charge in [0.25, 0.3) is 0 Å². The Morgan fingerprint density at radius 3 is 2.47 bits per heavy atom. The van der Waals surface area contributed by atoms with Gasteiger partial charge in [-0.3, -0.25) is 4.79 Å². The lowest BCUT2D eigenvalue weighted by atomic mass is 9.96. The second-order valence-corrected chi connectivity index (χ2v) is 6.01. The smallest absolute Gasteiger partial charge is 0.237 e. The van der Waals surface area contributed by atoms with Gasteiger partial charge in [-0.2, -0.15) is 0 Å². The van der Waals surface area contributed by atoms with Gasteiger partial charge in [-0.15, -0.1) is 0 Å². The molecule has 0 aliphatic heterocycles. The molecule has 0 aromatic rings. The van der Waals surface area contributed by atoms with Crippen molar-refractivity contribution >= 4 is 5.91 Å². The van der Waals surface area contributed by atoms with Gasteiger partial charge in [0, 0.05) is 12.6 Å². The van der Waals surface area contributed by atoms with E-state index in [2.05, 4.69) is 18.7 Å². The molecular weight excluding hydrogens is 214 g/mol. The molecular formula is C13H27N3O. The van der Waals surface area contributed by atoms with Crippen molar-refractivity contribution in [1.29, 1.82) is 0 Å². The number of primary amides is 1. The summed E-state index contributed by atoms with van der Waals surface area (Å²) in [5.74, 6) is 0.287. The minimum atomic E-state index is -0.854. The van der Waals surface area contributed by atoms with Crippen molar-refractivity contribution in [3.8, 4) is 0 Å². The number of nitrogens with two attached hydrogens (primary N) is 2. The fourth-order valence-electron chi connectivity index (χ4n) is 2.10. The summed E-state index contributed by atoms with van der Waals surface area (Å²) in [5, 5.41) is 0. The maximum atomic E-state index is 11.1. The first-order valence-corrected chi connectivity index (χ1v) is 6.66. The number of hydrogen-bond donors (Lipinski definition) is 2. The molecule has 0 aromatic carbocycles. The van der Waals surface area contributed by atoms with E-state index in [4.69, 9.17) is 11.5 Å². The summed E-state index contributed by atoms with van der Waals surface area (Å²) < 4.78 is 0. The molecule has 1 unspecified atom stereocenters. The summed E-state index contributed by atoms with van der Waals surface area (Å²) in [4.78, 5) is 13.6. The lowest BCUT2D eigenvalue weighted by Crippen LogP contribution is -2.49. The van der Waals surface area contributed by atoms with E-state index in [9.17, 15) is 4.79 Å². The zero-order valence-electron chi connectivity index (χ0n) is 11.4. The van der Waals surface area contributed by atoms with Crippen LogP contribution in [0.5, 0.6) is 0 Å². The Hall–Kier alpha value is -0.610. The minimum Gasteiger partial charge on any atom is -0.368 e. The lowest BCUT2D eigenvalue weighted by molar-refractivity contribution is -0.122. The fourth-order valence-corrected chi connectivity index (χ4v) is 2.10. The molecule has 1 atom stereocenters. The third kappa shape index (κ3) is 5.04. The first kappa shape index (κ1) is 14.5. The van der Waals surface area contributed by atoms with Crippen LogP contribution in [0.1, 0.15) is 46.5 Å². The first-order chi connectivity index (χ1) is 7.83. The van der Waals surface area contributed by atoms with Crippen LogP contribution in [0.15, 0.2) is 0 Å². The molecule has 17 heavy (non-hydrogen) atoms. The van der Waals surface area contributed by atoms with Gasteiger partial charge in [-0.25, -0.2) is 0 Å². The topological polar surface area (TPSA) is 72.3 Å². The zero-order chi connectivity index (χ0) is 13.1. The van der Waals surface area contributed by atoms with Crippen LogP contribution in [0.2, 0.25) is 0 Å². The molecule has 100 valence electrons. The molecule has 4 heteroatoms. The lowest BCUT2D eigenvalue weighted by Gasteiger charge is -2.26. The number of hydrogen-bond acceptors (Lipinski definition) is 3. The maximum absolute atomic E-state index is 11.1. The van der Waals surface area contributed by atoms with Crippen LogP contribution < -0.4 is 11.5 Å². The third-order valence-electron chi connectivity index (χ3n) is 3.37. The highest BCUT2D eigenvalue weighted by atomic mass is 16.1. The monoisotopic (exact) mass is 241 g/mol. The number of amides is 1. The van der Waals surface area contributed by atoms with Crippen LogP contribution in [0.25, 0.3) is 0 Å². The van der Waals surface area contributed by atoms with Gasteiger partial charge < -0.3 is 16.4 Å². The molecule has 1 rings (SSSR count). The SMILES string of the molecule is CC(C)CN(CCCC(C)(N)C(N)=O)C1CC1. The third-order valence-corrected chi connectivity index (χ3v) is 3.37. The van der Waals surface area contributed by atoms with E-state index in [0.717, 1.165) is 25.6 Å². The normalized spacial score (nSPS) is 19.6. The largest absolute Gasteiger partial charge is 0.368 e. The van der Waals surface area contributed by atoms with Gasteiger partial charge in [0.05, 0.1) is 5.54 Å². The van der Waals surface area contributed by atoms with E-state index in [0.29, 0.717) is 12.3 Å². The van der Waals surface area contributed by atoms with Gasteiger partial charge in [-0.1, -0.05) is 13.8 Å². The second-order valence-electron chi connectivity index (χ2n) is 6.01. The van der Waals surface area contributed by atoms with Crippen LogP contribution >= 0.6 is 0 Å². The molecule has 0 aromatic heterocycles. The summed E-state index contributed by atoms with van der Waals surface area (Å²) in [6.45, 7) is 8.38. The molecule has 0 heterocycles. The molecule has 4 N–H and O–H groups in total. The summed E-state index contributed by atoms with van der Waals surface area (Å²) >= 11 is 0. The Bertz CT molecular complexity index is 259. The molecule has 1 aliphatic carbocycles. The highest BCUT2D eigenvalue weighted by Gasteiger charge is 2.30. The number of nitrogens with zero attached hydrogens (tertiary/aromatic N) is 1. The molecule has 0 radical (unpaired) electrons. The Kier molecular flexibility index (Phi) is 4.95. The minimum absolute atomic E-state index is 0.403. The second kappa shape index (κ2) is 5.83. The summed E-state index contributed by atoms with van der Waals surface area (Å²) in [5.41, 5.74) is 10.3. The Morgan fingerprint density at radius 1 is 1.47 bits per heavy atom. The predicted octanol–water partition coefficient (Wildman–Crippen LogP) is 1.09. The van der Waals surface area contributed by atoms with Gasteiger partial charge in [-0.05, 0) is 45.1 Å². The van der Waals surface area contributed by atoms with Crippen LogP contribution in [-0.2, 0) is 4.79 Å². The summed E-state index contributed by atoms with van der Waals surface area (Å²) in [6, 6.07) is 0.773. The van der Waals surface area contributed by atoms with Crippen molar-refractivity contribution < 1.29 is 4.79 Å². The maximum Gasteiger partial charge on any atom is 0.237 e. The Labute approximate surface area is 105 Å². The number of rotatable bonds is 8. The highest BCUT2D eigenvalue weighted by molar-refractivity contribution is 5.83. The van der Waals surface area contributed by atoms with Crippen LogP contribution in [0.3, 0.4) is 0 Å². The van der Waals surface area contributed by atoms with Crippen molar-refractivity contribution in [3.05, 3.63) is 0 Å². The number of carbonyl (C=O) groups excluding carboxylic acids is 1. The summed E-state index contributed by atoms with van der Waals surface area (Å²) in [6.07, 6.45) is 4.26. The van der Waals surface area contributed by atoms with Crippen molar-refractivity contribution in [2.24, 2.45) is 17.4 Å². The van der Waals surface area contributed by atoms with E-state index in [1.807, 2.05) is 0 Å². The van der Waals surface area contributed by atoms with Crippen molar-refractivity contribution in [1.82, 2.24) is 4.90 Å². The first-order valence-electron chi connectivity index (χ1n) is 6.66. The molecule has 0 saturated heterocycles. The van der Waals surface area contributed by atoms with Gasteiger partial charge >= 0.3 is 0 Å². The van der Waals surface area contributed by atoms with Crippen molar-refractivity contribution in [2.75, 3.05) is 13.1 Å². The quantitative estimate of drug-likeness (QED) is 0.668. The zero-order valence-corrected chi connectivity index (χ0v) is 11.4. The van der Waals surface area contributed by atoms with E-state index in [1.165, 1.54) is 12.8 Å². The number of carbonyl (C=O) groups is 1. The Morgan fingerprint density at radius 2 is 2.06 bits per heavy atom. The summed E-state index contributed by atoms with van der Waals surface area (Å²) in [7, 11) is 0. The van der Waals surface area contributed by atoms with Gasteiger partial charge in [0.2, 0.25) is 5.91 Å². The molecule has 1 fully saturated rings. The molecule has 1 amide bonds. The van der Waals surface area contributed by atoms with E-state index < -0.39 is 11.4 Å². The van der Waals surface area contributed by atoms with Gasteiger partial charge in [0.15, 0.2) is 0 Å². The standard InChI is InChI=1S/C13H27N3O/c1-10(2)9-16(11-5-6-11)8-4-7-13(3,15)12(14)17/h10-11H,4-9,15H2,1-3H3,(H2,14,17). The van der Waals surface area contributed by atoms with Crippen LogP contribution in [0, 0.1) is 5.92 Å². The highest BCUT2D eigenvalue weighted by Crippen LogP contribution is 2.28. The molecule has 4 nitrogen and oxygen atoms in total. The van der Waals surface area contributed by atoms with Crippen molar-refractivity contribution in [3.63, 3.8) is 0 Å². The molecule has 0 spiro atoms. The Balaban J connectivity index is 2.30. The van der Waals surface area contributed by atoms with Crippen LogP contribution in [0.4, 0.5) is 0 Å². The van der Waals surface area contributed by atoms with E-state index in [-0.39, 0.29) is 0 Å². The predicted molar refractivity (Wildman–Crippen MR) is 70.5 cm³/mol. The van der Waals surface area contributed by atoms with Gasteiger partial charge in [0.1, 0.15) is 0 Å².